The summed E-state index contributed by atoms with van der Waals surface area (Å²) in [4.78, 5) is 15.7. The second-order valence-corrected chi connectivity index (χ2v) is 3.88. The number of aromatic nitrogens is 1. The minimum atomic E-state index is -0.114. The number of nitrogen functional groups attached to an aromatic ring is 1. The van der Waals surface area contributed by atoms with E-state index < -0.39 is 0 Å². The van der Waals surface area contributed by atoms with Gasteiger partial charge in [0, 0.05) is 12.7 Å². The second kappa shape index (κ2) is 7.62. The van der Waals surface area contributed by atoms with Crippen molar-refractivity contribution < 1.29 is 4.79 Å². The predicted octanol–water partition coefficient (Wildman–Crippen LogP) is 1.68. The molecule has 0 aliphatic carbocycles. The number of hydrazine groups is 1. The molecule has 4 N–H and O–H groups in total. The first kappa shape index (κ1) is 13.4. The number of amides is 1. The molecule has 1 aromatic rings. The lowest BCUT2D eigenvalue weighted by Crippen LogP contribution is -2.26. The van der Waals surface area contributed by atoms with E-state index in [0.717, 1.165) is 12.8 Å². The van der Waals surface area contributed by atoms with E-state index in [1.54, 1.807) is 12.3 Å². The van der Waals surface area contributed by atoms with Crippen molar-refractivity contribution in [1.29, 1.82) is 0 Å². The van der Waals surface area contributed by atoms with Crippen LogP contribution >= 0.6 is 0 Å². The van der Waals surface area contributed by atoms with Gasteiger partial charge in [-0.05, 0) is 12.5 Å². The molecule has 0 unspecified atom stereocenters. The topological polar surface area (TPSA) is 80.0 Å². The maximum Gasteiger partial charge on any atom is 0.253 e. The molecule has 1 heterocycles. The molecule has 0 radical (unpaired) electrons. The molecule has 0 fully saturated rings. The molecular formula is C12H20N4O. The summed E-state index contributed by atoms with van der Waals surface area (Å²) in [6, 6.07) is 1.65. The molecule has 0 saturated heterocycles. The first-order chi connectivity index (χ1) is 8.29. The number of carbonyl (C=O) groups is 1. The van der Waals surface area contributed by atoms with Gasteiger partial charge >= 0.3 is 0 Å². The van der Waals surface area contributed by atoms with Crippen LogP contribution in [0.4, 0.5) is 5.69 Å². The third-order valence-electron chi connectivity index (χ3n) is 2.54. The van der Waals surface area contributed by atoms with Gasteiger partial charge < -0.3 is 10.7 Å². The molecule has 5 heteroatoms. The molecule has 0 spiro atoms. The van der Waals surface area contributed by atoms with Crippen LogP contribution in [0.15, 0.2) is 18.5 Å². The van der Waals surface area contributed by atoms with Crippen molar-refractivity contribution in [3.8, 4) is 0 Å². The molecule has 1 amide bonds. The second-order valence-electron chi connectivity index (χ2n) is 3.88. The highest BCUT2D eigenvalue weighted by Crippen LogP contribution is 2.11. The van der Waals surface area contributed by atoms with E-state index in [4.69, 9.17) is 5.84 Å². The summed E-state index contributed by atoms with van der Waals surface area (Å²) in [7, 11) is 0. The summed E-state index contributed by atoms with van der Waals surface area (Å²) in [6.07, 6.45) is 7.67. The zero-order chi connectivity index (χ0) is 12.5. The highest BCUT2D eigenvalue weighted by atomic mass is 16.1. The van der Waals surface area contributed by atoms with Crippen LogP contribution in [0.25, 0.3) is 0 Å². The summed E-state index contributed by atoms with van der Waals surface area (Å²) >= 11 is 0. The smallest absolute Gasteiger partial charge is 0.253 e. The Morgan fingerprint density at radius 2 is 2.24 bits per heavy atom. The zero-order valence-corrected chi connectivity index (χ0v) is 10.2. The molecule has 0 aromatic carbocycles. The largest absolute Gasteiger partial charge is 0.352 e. The number of nitrogens with one attached hydrogen (secondary N) is 2. The Hall–Kier alpha value is -1.62. The summed E-state index contributed by atoms with van der Waals surface area (Å²) < 4.78 is 0. The Morgan fingerprint density at radius 1 is 1.41 bits per heavy atom. The van der Waals surface area contributed by atoms with Crippen molar-refractivity contribution in [2.75, 3.05) is 12.0 Å². The first-order valence-electron chi connectivity index (χ1n) is 5.98. The molecule has 1 aromatic heterocycles. The maximum atomic E-state index is 11.8. The van der Waals surface area contributed by atoms with E-state index >= 15 is 0 Å². The summed E-state index contributed by atoms with van der Waals surface area (Å²) in [5, 5.41) is 2.87. The molecule has 1 rings (SSSR count). The highest BCUT2D eigenvalue weighted by Gasteiger charge is 2.09. The van der Waals surface area contributed by atoms with Crippen molar-refractivity contribution in [3.05, 3.63) is 24.0 Å². The average Bonchev–Trinajstić information content (AvgIpc) is 2.38. The number of hydrogen-bond acceptors (Lipinski definition) is 4. The number of anilines is 1. The lowest BCUT2D eigenvalue weighted by atomic mass is 10.2. The average molecular weight is 236 g/mol. The number of pyridine rings is 1. The molecule has 0 atom stereocenters. The van der Waals surface area contributed by atoms with E-state index in [1.807, 2.05) is 0 Å². The standard InChI is InChI=1S/C12H20N4O/c1-2-3-4-5-7-15-12(17)10-6-8-14-9-11(10)16-13/h6,8-9,16H,2-5,7,13H2,1H3,(H,15,17). The third kappa shape index (κ3) is 4.40. The van der Waals surface area contributed by atoms with E-state index in [2.05, 4.69) is 22.7 Å². The first-order valence-corrected chi connectivity index (χ1v) is 5.98. The summed E-state index contributed by atoms with van der Waals surface area (Å²) in [5.41, 5.74) is 3.53. The minimum absolute atomic E-state index is 0.114. The number of nitrogens with two attached hydrogens (primary N) is 1. The molecule has 94 valence electrons. The van der Waals surface area contributed by atoms with Crippen LogP contribution in [0.1, 0.15) is 43.0 Å². The molecule has 0 bridgehead atoms. The Bertz CT molecular complexity index is 354. The summed E-state index contributed by atoms with van der Waals surface area (Å²) in [6.45, 7) is 2.86. The lowest BCUT2D eigenvalue weighted by molar-refractivity contribution is 0.0953. The summed E-state index contributed by atoms with van der Waals surface area (Å²) in [5.74, 6) is 5.20. The fraction of sp³-hybridized carbons (Fsp3) is 0.500. The van der Waals surface area contributed by atoms with Crippen molar-refractivity contribution in [2.45, 2.75) is 32.6 Å². The predicted molar refractivity (Wildman–Crippen MR) is 68.5 cm³/mol. The van der Waals surface area contributed by atoms with Crippen LogP contribution in [-0.4, -0.2) is 17.4 Å². The van der Waals surface area contributed by atoms with E-state index in [0.29, 0.717) is 17.8 Å². The van der Waals surface area contributed by atoms with E-state index in [-0.39, 0.29) is 5.91 Å². The Balaban J connectivity index is 2.41. The molecule has 5 nitrogen and oxygen atoms in total. The number of hydrogen-bond donors (Lipinski definition) is 3. The quantitative estimate of drug-likeness (QED) is 0.382. The van der Waals surface area contributed by atoms with Gasteiger partial charge in [0.25, 0.3) is 5.91 Å². The molecule has 0 saturated carbocycles. The fourth-order valence-corrected chi connectivity index (χ4v) is 1.56. The Labute approximate surface area is 102 Å². The normalized spacial score (nSPS) is 10.0. The fourth-order valence-electron chi connectivity index (χ4n) is 1.56. The van der Waals surface area contributed by atoms with Crippen molar-refractivity contribution in [2.24, 2.45) is 5.84 Å². The Morgan fingerprint density at radius 3 is 2.94 bits per heavy atom. The van der Waals surface area contributed by atoms with Crippen molar-refractivity contribution in [3.63, 3.8) is 0 Å². The van der Waals surface area contributed by atoms with Crippen LogP contribution < -0.4 is 16.6 Å². The van der Waals surface area contributed by atoms with Gasteiger partial charge in [-0.25, -0.2) is 0 Å². The zero-order valence-electron chi connectivity index (χ0n) is 10.2. The number of unbranched alkanes of at least 4 members (excludes halogenated alkanes) is 3. The number of rotatable bonds is 7. The number of nitrogens with zero attached hydrogens (tertiary/aromatic N) is 1. The maximum absolute atomic E-state index is 11.8. The third-order valence-corrected chi connectivity index (χ3v) is 2.54. The van der Waals surface area contributed by atoms with Gasteiger partial charge in [0.1, 0.15) is 0 Å². The molecule has 0 aliphatic rings. The monoisotopic (exact) mass is 236 g/mol. The van der Waals surface area contributed by atoms with Gasteiger partial charge in [0.2, 0.25) is 0 Å². The Kier molecular flexibility index (Phi) is 6.03. The van der Waals surface area contributed by atoms with Crippen LogP contribution in [0, 0.1) is 0 Å². The molecule has 17 heavy (non-hydrogen) atoms. The van der Waals surface area contributed by atoms with Crippen LogP contribution in [0.2, 0.25) is 0 Å². The van der Waals surface area contributed by atoms with Gasteiger partial charge in [-0.1, -0.05) is 26.2 Å². The number of carbonyl (C=O) groups excluding carboxylic acids is 1. The van der Waals surface area contributed by atoms with Crippen LogP contribution in [0.5, 0.6) is 0 Å². The SMILES string of the molecule is CCCCCCNC(=O)c1ccncc1NN. The van der Waals surface area contributed by atoms with E-state index in [1.165, 1.54) is 19.0 Å². The van der Waals surface area contributed by atoms with Gasteiger partial charge in [-0.15, -0.1) is 0 Å². The van der Waals surface area contributed by atoms with Gasteiger partial charge in [-0.2, -0.15) is 0 Å². The van der Waals surface area contributed by atoms with E-state index in [9.17, 15) is 4.79 Å². The van der Waals surface area contributed by atoms with Gasteiger partial charge in [0.05, 0.1) is 17.4 Å². The van der Waals surface area contributed by atoms with Crippen LogP contribution in [0.3, 0.4) is 0 Å². The minimum Gasteiger partial charge on any atom is -0.352 e. The highest BCUT2D eigenvalue weighted by molar-refractivity contribution is 5.99. The van der Waals surface area contributed by atoms with Crippen molar-refractivity contribution in [1.82, 2.24) is 10.3 Å². The van der Waals surface area contributed by atoms with Gasteiger partial charge in [-0.3, -0.25) is 15.6 Å². The molecule has 0 aliphatic heterocycles. The lowest BCUT2D eigenvalue weighted by Gasteiger charge is -2.08. The molecular weight excluding hydrogens is 216 g/mol. The van der Waals surface area contributed by atoms with Crippen LogP contribution in [-0.2, 0) is 0 Å². The van der Waals surface area contributed by atoms with Gasteiger partial charge in [0.15, 0.2) is 0 Å². The van der Waals surface area contributed by atoms with Crippen molar-refractivity contribution >= 4 is 11.6 Å².